The maximum Gasteiger partial charge on any atom is 0.254 e. The van der Waals surface area contributed by atoms with Crippen molar-refractivity contribution in [3.63, 3.8) is 0 Å². The zero-order chi connectivity index (χ0) is 29.0. The lowest BCUT2D eigenvalue weighted by Crippen LogP contribution is -2.51. The molecule has 2 saturated heterocycles. The van der Waals surface area contributed by atoms with Gasteiger partial charge in [-0.1, -0.05) is 51.3 Å². The van der Waals surface area contributed by atoms with Crippen molar-refractivity contribution in [3.8, 4) is 6.07 Å². The highest BCUT2D eigenvalue weighted by Crippen LogP contribution is 2.35. The molecule has 4 rings (SSSR count). The van der Waals surface area contributed by atoms with Crippen LogP contribution in [0.3, 0.4) is 0 Å². The van der Waals surface area contributed by atoms with E-state index in [1.165, 1.54) is 11.3 Å². The molecular formula is C34H43N5O. The number of rotatable bonds is 7. The Balaban J connectivity index is 1.48. The average Bonchev–Trinajstić information content (AvgIpc) is 2.93. The molecule has 2 aliphatic rings. The highest BCUT2D eigenvalue weighted by Gasteiger charge is 2.37. The van der Waals surface area contributed by atoms with Crippen LogP contribution in [-0.2, 0) is 0 Å². The molecular weight excluding hydrogens is 494 g/mol. The fourth-order valence-electron chi connectivity index (χ4n) is 6.11. The van der Waals surface area contributed by atoms with Crippen molar-refractivity contribution < 1.29 is 4.79 Å². The zero-order valence-corrected chi connectivity index (χ0v) is 24.8. The van der Waals surface area contributed by atoms with E-state index < -0.39 is 0 Å². The summed E-state index contributed by atoms with van der Waals surface area (Å²) in [7, 11) is 0. The summed E-state index contributed by atoms with van der Waals surface area (Å²) >= 11 is 0. The second-order valence-corrected chi connectivity index (χ2v) is 11.8. The molecule has 2 fully saturated rings. The maximum absolute atomic E-state index is 13.7. The molecule has 0 radical (unpaired) electrons. The Labute approximate surface area is 240 Å². The Bertz CT molecular complexity index is 1360. The van der Waals surface area contributed by atoms with Gasteiger partial charge in [-0.2, -0.15) is 5.26 Å². The lowest BCUT2D eigenvalue weighted by atomic mass is 9.78. The van der Waals surface area contributed by atoms with Gasteiger partial charge in [-0.3, -0.25) is 4.79 Å². The predicted octanol–water partition coefficient (Wildman–Crippen LogP) is 6.24. The number of likely N-dealkylation sites (tertiary alicyclic amines) is 1. The van der Waals surface area contributed by atoms with E-state index >= 15 is 0 Å². The number of hydrogen-bond donors (Lipinski definition) is 1. The molecule has 0 saturated carbocycles. The molecule has 0 aliphatic carbocycles. The molecule has 0 spiro atoms. The van der Waals surface area contributed by atoms with E-state index in [1.54, 1.807) is 12.2 Å². The van der Waals surface area contributed by atoms with Gasteiger partial charge < -0.3 is 20.0 Å². The summed E-state index contributed by atoms with van der Waals surface area (Å²) in [5, 5.41) is 13.3. The Morgan fingerprint density at radius 3 is 2.27 bits per heavy atom. The summed E-state index contributed by atoms with van der Waals surface area (Å²) in [4.78, 5) is 20.3. The van der Waals surface area contributed by atoms with Gasteiger partial charge in [0.1, 0.15) is 6.07 Å². The van der Waals surface area contributed by atoms with Crippen molar-refractivity contribution in [2.45, 2.75) is 47.1 Å². The van der Waals surface area contributed by atoms with Crippen LogP contribution in [0.25, 0.3) is 0 Å². The molecule has 2 heterocycles. The SMILES string of the molecule is C=C/C(C#N)=C(\C=C)N1CCC(Nc2cc(C(=O)N3CCN(c4ccccc4C)CC3)c(C)cc2C)C(C)(C)C1. The number of hydrogen-bond acceptors (Lipinski definition) is 5. The minimum absolute atomic E-state index is 0.0817. The number of nitriles is 1. The van der Waals surface area contributed by atoms with Gasteiger partial charge in [0, 0.05) is 67.7 Å². The molecule has 6 heteroatoms. The van der Waals surface area contributed by atoms with Gasteiger partial charge >= 0.3 is 0 Å². The molecule has 0 bridgehead atoms. The molecule has 2 aliphatic heterocycles. The minimum atomic E-state index is -0.0817. The lowest BCUT2D eigenvalue weighted by Gasteiger charge is -2.46. The number of carbonyl (C=O) groups is 1. The predicted molar refractivity (Wildman–Crippen MR) is 166 cm³/mol. The first kappa shape index (κ1) is 29.0. The average molecular weight is 538 g/mol. The molecule has 1 unspecified atom stereocenters. The van der Waals surface area contributed by atoms with Crippen LogP contribution in [0, 0.1) is 37.5 Å². The summed E-state index contributed by atoms with van der Waals surface area (Å²) in [6.07, 6.45) is 4.26. The number of para-hydroxylation sites is 1. The number of carbonyl (C=O) groups excluding carboxylic acids is 1. The minimum Gasteiger partial charge on any atom is -0.381 e. The normalized spacial score (nSPS) is 19.4. The zero-order valence-electron chi connectivity index (χ0n) is 24.8. The fourth-order valence-corrected chi connectivity index (χ4v) is 6.11. The van der Waals surface area contributed by atoms with E-state index in [0.717, 1.165) is 60.7 Å². The van der Waals surface area contributed by atoms with Crippen molar-refractivity contribution in [3.05, 3.63) is 95.2 Å². The van der Waals surface area contributed by atoms with E-state index in [1.807, 2.05) is 11.8 Å². The highest BCUT2D eigenvalue weighted by atomic mass is 16.2. The van der Waals surface area contributed by atoms with Gasteiger partial charge in [0.25, 0.3) is 5.91 Å². The van der Waals surface area contributed by atoms with E-state index in [9.17, 15) is 10.1 Å². The van der Waals surface area contributed by atoms with Gasteiger partial charge in [0.05, 0.1) is 11.3 Å². The van der Waals surface area contributed by atoms with Crippen LogP contribution in [-0.4, -0.2) is 61.0 Å². The standard InChI is InChI=1S/C34H43N5O/c1-8-27(22-35)30(9-2)39-15-14-32(34(6,7)23-39)36-29-21-28(25(4)20-26(29)5)33(40)38-18-16-37(17-19-38)31-13-11-10-12-24(31)3/h8-13,20-21,32,36H,1-2,14-19,23H2,3-7H3/b30-27-. The number of anilines is 2. The number of amides is 1. The van der Waals surface area contributed by atoms with Crippen LogP contribution >= 0.6 is 0 Å². The first-order chi connectivity index (χ1) is 19.1. The Morgan fingerprint density at radius 1 is 0.975 bits per heavy atom. The van der Waals surface area contributed by atoms with Gasteiger partial charge in [0.15, 0.2) is 0 Å². The summed E-state index contributed by atoms with van der Waals surface area (Å²) in [5.74, 6) is 0.105. The molecule has 1 atom stereocenters. The molecule has 1 N–H and O–H groups in total. The van der Waals surface area contributed by atoms with E-state index in [0.29, 0.717) is 18.7 Å². The largest absolute Gasteiger partial charge is 0.381 e. The van der Waals surface area contributed by atoms with E-state index in [4.69, 9.17) is 0 Å². The number of nitrogens with zero attached hydrogens (tertiary/aromatic N) is 4. The summed E-state index contributed by atoms with van der Waals surface area (Å²) in [6.45, 7) is 23.2. The third kappa shape index (κ3) is 5.94. The summed E-state index contributed by atoms with van der Waals surface area (Å²) in [6, 6.07) is 15.1. The molecule has 2 aromatic rings. The first-order valence-electron chi connectivity index (χ1n) is 14.2. The highest BCUT2D eigenvalue weighted by molar-refractivity contribution is 5.97. The van der Waals surface area contributed by atoms with Crippen molar-refractivity contribution >= 4 is 17.3 Å². The van der Waals surface area contributed by atoms with Crippen LogP contribution in [0.1, 0.15) is 47.3 Å². The first-order valence-corrected chi connectivity index (χ1v) is 14.2. The van der Waals surface area contributed by atoms with Crippen LogP contribution in [0.2, 0.25) is 0 Å². The second-order valence-electron chi connectivity index (χ2n) is 11.8. The molecule has 1 amide bonds. The van der Waals surface area contributed by atoms with Gasteiger partial charge in [0.2, 0.25) is 0 Å². The van der Waals surface area contributed by atoms with Crippen molar-refractivity contribution in [2.24, 2.45) is 5.41 Å². The summed E-state index contributed by atoms with van der Waals surface area (Å²) < 4.78 is 0. The van der Waals surface area contributed by atoms with Crippen LogP contribution in [0.4, 0.5) is 11.4 Å². The number of nitrogens with one attached hydrogen (secondary N) is 1. The number of piperidine rings is 1. The van der Waals surface area contributed by atoms with E-state index in [2.05, 4.69) is 98.4 Å². The number of allylic oxidation sites excluding steroid dienone is 3. The van der Waals surface area contributed by atoms with Gasteiger partial charge in [-0.15, -0.1) is 0 Å². The topological polar surface area (TPSA) is 62.6 Å². The van der Waals surface area contributed by atoms with Crippen molar-refractivity contribution in [1.29, 1.82) is 5.26 Å². The molecule has 40 heavy (non-hydrogen) atoms. The van der Waals surface area contributed by atoms with Crippen LogP contribution in [0.15, 0.2) is 73.0 Å². The van der Waals surface area contributed by atoms with Gasteiger partial charge in [-0.25, -0.2) is 0 Å². The third-order valence-electron chi connectivity index (χ3n) is 8.52. The fraction of sp³-hybridized carbons (Fsp3) is 0.412. The molecule has 6 nitrogen and oxygen atoms in total. The number of piperazine rings is 1. The van der Waals surface area contributed by atoms with E-state index in [-0.39, 0.29) is 17.4 Å². The van der Waals surface area contributed by atoms with Crippen LogP contribution in [0.5, 0.6) is 0 Å². The Kier molecular flexibility index (Phi) is 8.73. The molecule has 2 aromatic carbocycles. The van der Waals surface area contributed by atoms with Crippen LogP contribution < -0.4 is 10.2 Å². The van der Waals surface area contributed by atoms with Crippen molar-refractivity contribution in [2.75, 3.05) is 49.5 Å². The van der Waals surface area contributed by atoms with Crippen molar-refractivity contribution in [1.82, 2.24) is 9.80 Å². The quantitative estimate of drug-likeness (QED) is 0.335. The number of benzene rings is 2. The second kappa shape index (κ2) is 12.0. The maximum atomic E-state index is 13.7. The Morgan fingerprint density at radius 2 is 1.68 bits per heavy atom. The van der Waals surface area contributed by atoms with Gasteiger partial charge in [-0.05, 0) is 68.2 Å². The monoisotopic (exact) mass is 537 g/mol. The smallest absolute Gasteiger partial charge is 0.254 e. The Hall–Kier alpha value is -3.98. The number of aryl methyl sites for hydroxylation is 3. The molecule has 210 valence electrons. The lowest BCUT2D eigenvalue weighted by molar-refractivity contribution is 0.0746. The summed E-state index contributed by atoms with van der Waals surface area (Å²) in [5.41, 5.74) is 7.77. The third-order valence-corrected chi connectivity index (χ3v) is 8.52. The molecule has 0 aromatic heterocycles.